The minimum atomic E-state index is -4.87. The number of rotatable bonds is 6. The van der Waals surface area contributed by atoms with Crippen molar-refractivity contribution in [2.75, 3.05) is 11.9 Å². The van der Waals surface area contributed by atoms with Crippen LogP contribution in [0.25, 0.3) is 0 Å². The Hall–Kier alpha value is -2.74. The van der Waals surface area contributed by atoms with E-state index in [1.165, 1.54) is 18.2 Å². The highest BCUT2D eigenvalue weighted by atomic mass is 19.4. The van der Waals surface area contributed by atoms with Crippen LogP contribution in [0.5, 0.6) is 5.75 Å². The molecule has 0 aliphatic heterocycles. The maximum atomic E-state index is 12.4. The number of carbonyl (C=O) groups is 1. The molecule has 0 aliphatic carbocycles. The fourth-order valence-corrected chi connectivity index (χ4v) is 2.19. The molecule has 0 radical (unpaired) electrons. The van der Waals surface area contributed by atoms with Crippen LogP contribution in [0.2, 0.25) is 0 Å². The van der Waals surface area contributed by atoms with Crippen LogP contribution in [0.4, 0.5) is 23.7 Å². The predicted molar refractivity (Wildman–Crippen MR) is 86.3 cm³/mol. The van der Waals surface area contributed by atoms with Gasteiger partial charge in [0.05, 0.1) is 18.3 Å². The van der Waals surface area contributed by atoms with Gasteiger partial charge >= 0.3 is 12.4 Å². The third-order valence-corrected chi connectivity index (χ3v) is 3.24. The number of amides is 2. The molecule has 0 bridgehead atoms. The van der Waals surface area contributed by atoms with Gasteiger partial charge in [-0.25, -0.2) is 4.79 Å². The number of carbonyl (C=O) groups excluding carboxylic acids is 1. The van der Waals surface area contributed by atoms with Crippen molar-refractivity contribution in [3.05, 3.63) is 60.2 Å². The molecule has 0 heterocycles. The molecule has 2 aromatic carbocycles. The van der Waals surface area contributed by atoms with Crippen molar-refractivity contribution in [1.29, 1.82) is 0 Å². The van der Waals surface area contributed by atoms with Crippen LogP contribution in [0.1, 0.15) is 5.56 Å². The van der Waals surface area contributed by atoms with Gasteiger partial charge in [0.2, 0.25) is 0 Å². The lowest BCUT2D eigenvalue weighted by Crippen LogP contribution is -2.41. The van der Waals surface area contributed by atoms with Gasteiger partial charge in [0, 0.05) is 0 Å². The summed E-state index contributed by atoms with van der Waals surface area (Å²) < 4.78 is 41.0. The number of benzene rings is 2. The second-order valence-corrected chi connectivity index (χ2v) is 5.21. The van der Waals surface area contributed by atoms with E-state index in [0.29, 0.717) is 6.42 Å². The first kappa shape index (κ1) is 18.6. The van der Waals surface area contributed by atoms with E-state index in [2.05, 4.69) is 15.4 Å². The molecule has 2 amide bonds. The van der Waals surface area contributed by atoms with Crippen LogP contribution in [-0.2, 0) is 6.42 Å². The van der Waals surface area contributed by atoms with Gasteiger partial charge in [0.1, 0.15) is 0 Å². The fourth-order valence-electron chi connectivity index (χ4n) is 2.19. The third-order valence-electron chi connectivity index (χ3n) is 3.24. The first-order chi connectivity index (χ1) is 11.9. The van der Waals surface area contributed by atoms with Crippen LogP contribution >= 0.6 is 0 Å². The van der Waals surface area contributed by atoms with Crippen molar-refractivity contribution in [3.63, 3.8) is 0 Å². The Morgan fingerprint density at radius 2 is 1.72 bits per heavy atom. The van der Waals surface area contributed by atoms with E-state index in [1.54, 1.807) is 0 Å². The summed E-state index contributed by atoms with van der Waals surface area (Å²) in [7, 11) is 0. The van der Waals surface area contributed by atoms with Crippen molar-refractivity contribution in [2.45, 2.75) is 18.8 Å². The Bertz CT molecular complexity index is 693. The van der Waals surface area contributed by atoms with E-state index in [1.807, 2.05) is 30.3 Å². The lowest BCUT2D eigenvalue weighted by molar-refractivity contribution is -0.274. The third kappa shape index (κ3) is 6.34. The van der Waals surface area contributed by atoms with Gasteiger partial charge in [-0.2, -0.15) is 0 Å². The number of alkyl halides is 3. The van der Waals surface area contributed by atoms with E-state index in [9.17, 15) is 23.1 Å². The Morgan fingerprint density at radius 3 is 2.36 bits per heavy atom. The van der Waals surface area contributed by atoms with E-state index in [-0.39, 0.29) is 12.3 Å². The van der Waals surface area contributed by atoms with Crippen LogP contribution in [0.3, 0.4) is 0 Å². The van der Waals surface area contributed by atoms with Crippen LogP contribution < -0.4 is 15.4 Å². The minimum Gasteiger partial charge on any atom is -0.404 e. The maximum absolute atomic E-state index is 12.4. The largest absolute Gasteiger partial charge is 0.573 e. The lowest BCUT2D eigenvalue weighted by Gasteiger charge is -2.18. The van der Waals surface area contributed by atoms with Crippen molar-refractivity contribution < 1.29 is 27.8 Å². The molecule has 0 spiro atoms. The molecule has 0 fully saturated rings. The molecule has 134 valence electrons. The molecule has 0 saturated heterocycles. The molecule has 0 aromatic heterocycles. The van der Waals surface area contributed by atoms with E-state index in [4.69, 9.17) is 0 Å². The summed E-state index contributed by atoms with van der Waals surface area (Å²) in [5, 5.41) is 14.2. The maximum Gasteiger partial charge on any atom is 0.573 e. The second kappa shape index (κ2) is 8.39. The molecule has 0 aliphatic rings. The monoisotopic (exact) mass is 354 g/mol. The van der Waals surface area contributed by atoms with E-state index < -0.39 is 24.2 Å². The first-order valence-corrected chi connectivity index (χ1v) is 7.44. The van der Waals surface area contributed by atoms with Gasteiger partial charge < -0.3 is 20.5 Å². The topological polar surface area (TPSA) is 70.6 Å². The standard InChI is InChI=1S/C17H17F3N2O3/c18-17(19,20)25-15-9-5-4-8-14(15)22-16(24)21-13(11-23)10-12-6-2-1-3-7-12/h1-9,13,23H,10-11H2,(H2,21,22,24). The number of ether oxygens (including phenoxy) is 1. The summed E-state index contributed by atoms with van der Waals surface area (Å²) in [6.07, 6.45) is -4.49. The smallest absolute Gasteiger partial charge is 0.404 e. The number of urea groups is 1. The molecular weight excluding hydrogens is 337 g/mol. The van der Waals surface area contributed by atoms with Crippen molar-refractivity contribution in [3.8, 4) is 5.75 Å². The molecule has 5 nitrogen and oxygen atoms in total. The molecule has 2 rings (SSSR count). The zero-order valence-electron chi connectivity index (χ0n) is 13.1. The summed E-state index contributed by atoms with van der Waals surface area (Å²) in [5.41, 5.74) is 0.774. The molecule has 3 N–H and O–H groups in total. The highest BCUT2D eigenvalue weighted by molar-refractivity contribution is 5.91. The average Bonchev–Trinajstić information content (AvgIpc) is 2.55. The summed E-state index contributed by atoms with van der Waals surface area (Å²) in [4.78, 5) is 12.0. The van der Waals surface area contributed by atoms with Crippen LogP contribution in [0.15, 0.2) is 54.6 Å². The number of aliphatic hydroxyl groups excluding tert-OH is 1. The van der Waals surface area contributed by atoms with Gasteiger partial charge in [-0.3, -0.25) is 0 Å². The Morgan fingerprint density at radius 1 is 1.08 bits per heavy atom. The Labute approximate surface area is 142 Å². The number of hydrogen-bond acceptors (Lipinski definition) is 3. The molecule has 1 unspecified atom stereocenters. The Kier molecular flexibility index (Phi) is 6.24. The molecule has 25 heavy (non-hydrogen) atoms. The number of aliphatic hydroxyl groups is 1. The van der Waals surface area contributed by atoms with Gasteiger partial charge in [-0.05, 0) is 24.1 Å². The molecule has 0 saturated carbocycles. The van der Waals surface area contributed by atoms with Crippen molar-refractivity contribution >= 4 is 11.7 Å². The first-order valence-electron chi connectivity index (χ1n) is 7.44. The highest BCUT2D eigenvalue weighted by Gasteiger charge is 2.32. The lowest BCUT2D eigenvalue weighted by atomic mass is 10.1. The molecule has 1 atom stereocenters. The van der Waals surface area contributed by atoms with Crippen LogP contribution in [0, 0.1) is 0 Å². The summed E-state index contributed by atoms with van der Waals surface area (Å²) in [6, 6.07) is 13.1. The van der Waals surface area contributed by atoms with Crippen LogP contribution in [-0.4, -0.2) is 30.1 Å². The minimum absolute atomic E-state index is 0.131. The van der Waals surface area contributed by atoms with Gasteiger partial charge in [-0.1, -0.05) is 42.5 Å². The van der Waals surface area contributed by atoms with Crippen molar-refractivity contribution in [2.24, 2.45) is 0 Å². The van der Waals surface area contributed by atoms with E-state index >= 15 is 0 Å². The summed E-state index contributed by atoms with van der Waals surface area (Å²) in [6.45, 7) is -0.316. The average molecular weight is 354 g/mol. The van der Waals surface area contributed by atoms with Gasteiger partial charge in [0.25, 0.3) is 0 Å². The van der Waals surface area contributed by atoms with Gasteiger partial charge in [0.15, 0.2) is 5.75 Å². The quantitative estimate of drug-likeness (QED) is 0.745. The summed E-state index contributed by atoms with van der Waals surface area (Å²) in [5.74, 6) is -0.520. The SMILES string of the molecule is O=C(Nc1ccccc1OC(F)(F)F)NC(CO)Cc1ccccc1. The highest BCUT2D eigenvalue weighted by Crippen LogP contribution is 2.29. The normalized spacial score (nSPS) is 12.3. The van der Waals surface area contributed by atoms with Gasteiger partial charge in [-0.15, -0.1) is 13.2 Å². The number of nitrogens with one attached hydrogen (secondary N) is 2. The fraction of sp³-hybridized carbons (Fsp3) is 0.235. The number of anilines is 1. The number of hydrogen-bond donors (Lipinski definition) is 3. The number of para-hydroxylation sites is 2. The molecular formula is C17H17F3N2O3. The molecule has 2 aromatic rings. The zero-order valence-corrected chi connectivity index (χ0v) is 13.1. The van der Waals surface area contributed by atoms with E-state index in [0.717, 1.165) is 11.6 Å². The number of halogens is 3. The Balaban J connectivity index is 1.99. The van der Waals surface area contributed by atoms with Crippen molar-refractivity contribution in [1.82, 2.24) is 5.32 Å². The summed E-state index contributed by atoms with van der Waals surface area (Å²) >= 11 is 0. The predicted octanol–water partition coefficient (Wildman–Crippen LogP) is 3.31. The molecule has 8 heteroatoms. The second-order valence-electron chi connectivity index (χ2n) is 5.21. The zero-order chi connectivity index (χ0) is 18.3.